The summed E-state index contributed by atoms with van der Waals surface area (Å²) in [6.45, 7) is 7.32. The molecule has 1 atom stereocenters. The summed E-state index contributed by atoms with van der Waals surface area (Å²) in [5.74, 6) is 0.563. The molecule has 2 heterocycles. The number of aromatic nitrogens is 1. The highest BCUT2D eigenvalue weighted by Crippen LogP contribution is 2.23. The monoisotopic (exact) mass is 385 g/mol. The van der Waals surface area contributed by atoms with E-state index in [-0.39, 0.29) is 17.8 Å². The number of halogens is 1. The van der Waals surface area contributed by atoms with Gasteiger partial charge in [0.2, 0.25) is 0 Å². The molecule has 150 valence electrons. The van der Waals surface area contributed by atoms with Crippen LogP contribution in [0.5, 0.6) is 5.75 Å². The molecule has 0 bridgehead atoms. The lowest BCUT2D eigenvalue weighted by molar-refractivity contribution is 0.0693. The topological polar surface area (TPSA) is 45.7 Å². The van der Waals surface area contributed by atoms with Crippen LogP contribution < -0.4 is 4.74 Å². The van der Waals surface area contributed by atoms with Gasteiger partial charge in [-0.2, -0.15) is 0 Å². The quantitative estimate of drug-likeness (QED) is 0.789. The number of carbonyl (C=O) groups excluding carboxylic acids is 1. The van der Waals surface area contributed by atoms with Crippen LogP contribution in [0.1, 0.15) is 36.3 Å². The molecule has 0 radical (unpaired) electrons. The van der Waals surface area contributed by atoms with Crippen molar-refractivity contribution in [3.8, 4) is 5.75 Å². The maximum Gasteiger partial charge on any atom is 0.276 e. The van der Waals surface area contributed by atoms with E-state index in [4.69, 9.17) is 4.74 Å². The minimum absolute atomic E-state index is 0.0910. The summed E-state index contributed by atoms with van der Waals surface area (Å²) in [5, 5.41) is 0. The van der Waals surface area contributed by atoms with Gasteiger partial charge in [-0.25, -0.2) is 9.37 Å². The molecule has 1 fully saturated rings. The molecule has 28 heavy (non-hydrogen) atoms. The van der Waals surface area contributed by atoms with E-state index in [1.54, 1.807) is 25.4 Å². The number of benzene rings is 1. The van der Waals surface area contributed by atoms with Gasteiger partial charge < -0.3 is 9.64 Å². The zero-order chi connectivity index (χ0) is 20.1. The molecule has 6 heteroatoms. The third kappa shape index (κ3) is 4.68. The molecule has 0 spiro atoms. The van der Waals surface area contributed by atoms with E-state index in [0.717, 1.165) is 25.1 Å². The van der Waals surface area contributed by atoms with Gasteiger partial charge in [-0.15, -0.1) is 0 Å². The molecule has 0 unspecified atom stereocenters. The van der Waals surface area contributed by atoms with Crippen LogP contribution >= 0.6 is 0 Å². The smallest absolute Gasteiger partial charge is 0.276 e. The van der Waals surface area contributed by atoms with Crippen molar-refractivity contribution in [1.82, 2.24) is 14.8 Å². The van der Waals surface area contributed by atoms with Gasteiger partial charge in [0.1, 0.15) is 11.6 Å². The Morgan fingerprint density at radius 1 is 1.25 bits per heavy atom. The van der Waals surface area contributed by atoms with Crippen molar-refractivity contribution in [2.24, 2.45) is 5.92 Å². The van der Waals surface area contributed by atoms with Crippen LogP contribution in [0.4, 0.5) is 4.39 Å². The molecule has 1 aliphatic rings. The minimum Gasteiger partial charge on any atom is -0.494 e. The molecule has 1 aliphatic heterocycles. The molecule has 3 rings (SSSR count). The highest BCUT2D eigenvalue weighted by atomic mass is 19.1. The maximum atomic E-state index is 13.2. The Morgan fingerprint density at radius 2 is 2.00 bits per heavy atom. The standard InChI is InChI=1S/C22H28FN3O2/c1-16(2)19-15-26(22(27)21-20(28-3)6-4-11-24-21)13-5-12-25(19)14-17-7-9-18(23)10-8-17/h4,6-11,16,19H,5,12-15H2,1-3H3/t19-/m0/s1. The van der Waals surface area contributed by atoms with Gasteiger partial charge in [0.05, 0.1) is 7.11 Å². The van der Waals surface area contributed by atoms with Gasteiger partial charge in [-0.3, -0.25) is 9.69 Å². The largest absolute Gasteiger partial charge is 0.494 e. The second-order valence-corrected chi connectivity index (χ2v) is 7.57. The highest BCUT2D eigenvalue weighted by Gasteiger charge is 2.31. The van der Waals surface area contributed by atoms with Gasteiger partial charge in [0.15, 0.2) is 5.69 Å². The second kappa shape index (κ2) is 9.15. The van der Waals surface area contributed by atoms with Crippen LogP contribution in [0, 0.1) is 11.7 Å². The average molecular weight is 385 g/mol. The first kappa shape index (κ1) is 20.3. The van der Waals surface area contributed by atoms with E-state index in [2.05, 4.69) is 23.7 Å². The first-order valence-electron chi connectivity index (χ1n) is 9.76. The molecule has 1 amide bonds. The van der Waals surface area contributed by atoms with Crippen LogP contribution in [-0.4, -0.2) is 53.5 Å². The van der Waals surface area contributed by atoms with E-state index >= 15 is 0 Å². The Bertz CT molecular complexity index is 795. The fourth-order valence-corrected chi connectivity index (χ4v) is 3.77. The summed E-state index contributed by atoms with van der Waals surface area (Å²) in [7, 11) is 1.55. The minimum atomic E-state index is -0.221. The molecule has 1 saturated heterocycles. The zero-order valence-corrected chi connectivity index (χ0v) is 16.8. The SMILES string of the molecule is COc1cccnc1C(=O)N1CCCN(Cc2ccc(F)cc2)[C@H](C(C)C)C1. The van der Waals surface area contributed by atoms with Crippen LogP contribution in [0.3, 0.4) is 0 Å². The molecule has 2 aromatic rings. The third-order valence-corrected chi connectivity index (χ3v) is 5.30. The Morgan fingerprint density at radius 3 is 2.68 bits per heavy atom. The first-order chi connectivity index (χ1) is 13.5. The number of pyridine rings is 1. The Hall–Kier alpha value is -2.47. The van der Waals surface area contributed by atoms with Crippen molar-refractivity contribution in [2.45, 2.75) is 32.9 Å². The lowest BCUT2D eigenvalue weighted by Crippen LogP contribution is -2.45. The van der Waals surface area contributed by atoms with Crippen LogP contribution in [-0.2, 0) is 6.54 Å². The van der Waals surface area contributed by atoms with Gasteiger partial charge in [0, 0.05) is 38.4 Å². The van der Waals surface area contributed by atoms with Crippen LogP contribution in [0.25, 0.3) is 0 Å². The van der Waals surface area contributed by atoms with Crippen molar-refractivity contribution in [2.75, 3.05) is 26.7 Å². The Balaban J connectivity index is 1.78. The summed E-state index contributed by atoms with van der Waals surface area (Å²) in [6.07, 6.45) is 2.50. The zero-order valence-electron chi connectivity index (χ0n) is 16.8. The van der Waals surface area contributed by atoms with Gasteiger partial charge in [-0.1, -0.05) is 26.0 Å². The number of carbonyl (C=O) groups is 1. The fourth-order valence-electron chi connectivity index (χ4n) is 3.77. The molecular weight excluding hydrogens is 357 g/mol. The molecule has 1 aromatic heterocycles. The number of rotatable bonds is 5. The van der Waals surface area contributed by atoms with Gasteiger partial charge in [0.25, 0.3) is 5.91 Å². The lowest BCUT2D eigenvalue weighted by Gasteiger charge is -2.34. The van der Waals surface area contributed by atoms with Crippen LogP contribution in [0.15, 0.2) is 42.6 Å². The predicted octanol–water partition coefficient (Wildman–Crippen LogP) is 3.60. The fraction of sp³-hybridized carbons (Fsp3) is 0.455. The number of hydrogen-bond acceptors (Lipinski definition) is 4. The summed E-state index contributed by atoms with van der Waals surface area (Å²) < 4.78 is 18.5. The number of methoxy groups -OCH3 is 1. The molecule has 0 saturated carbocycles. The van der Waals surface area contributed by atoms with Crippen molar-refractivity contribution in [1.29, 1.82) is 0 Å². The summed E-state index contributed by atoms with van der Waals surface area (Å²) in [5.41, 5.74) is 1.44. The molecule has 5 nitrogen and oxygen atoms in total. The number of amides is 1. The van der Waals surface area contributed by atoms with Gasteiger partial charge in [-0.05, 0) is 42.2 Å². The maximum absolute atomic E-state index is 13.2. The third-order valence-electron chi connectivity index (χ3n) is 5.30. The number of nitrogens with zero attached hydrogens (tertiary/aromatic N) is 3. The predicted molar refractivity (Wildman–Crippen MR) is 107 cm³/mol. The van der Waals surface area contributed by atoms with E-state index in [1.165, 1.54) is 12.1 Å². The number of hydrogen-bond donors (Lipinski definition) is 0. The summed E-state index contributed by atoms with van der Waals surface area (Å²) in [4.78, 5) is 21.7. The highest BCUT2D eigenvalue weighted by molar-refractivity contribution is 5.95. The normalized spacial score (nSPS) is 18.2. The summed E-state index contributed by atoms with van der Waals surface area (Å²) >= 11 is 0. The lowest BCUT2D eigenvalue weighted by atomic mass is 10.0. The summed E-state index contributed by atoms with van der Waals surface area (Å²) in [6, 6.07) is 10.4. The Labute approximate surface area is 166 Å². The van der Waals surface area contributed by atoms with Crippen molar-refractivity contribution >= 4 is 5.91 Å². The average Bonchev–Trinajstić information content (AvgIpc) is 2.92. The number of ether oxygens (including phenoxy) is 1. The van der Waals surface area contributed by atoms with E-state index in [0.29, 0.717) is 30.5 Å². The van der Waals surface area contributed by atoms with Crippen LogP contribution in [0.2, 0.25) is 0 Å². The van der Waals surface area contributed by atoms with E-state index in [1.807, 2.05) is 17.0 Å². The van der Waals surface area contributed by atoms with Crippen molar-refractivity contribution in [3.05, 3.63) is 59.7 Å². The van der Waals surface area contributed by atoms with Crippen molar-refractivity contribution < 1.29 is 13.9 Å². The van der Waals surface area contributed by atoms with Crippen molar-refractivity contribution in [3.63, 3.8) is 0 Å². The van der Waals surface area contributed by atoms with E-state index < -0.39 is 0 Å². The molecule has 0 aliphatic carbocycles. The Kier molecular flexibility index (Phi) is 6.62. The first-order valence-corrected chi connectivity index (χ1v) is 9.76. The van der Waals surface area contributed by atoms with E-state index in [9.17, 15) is 9.18 Å². The molecular formula is C22H28FN3O2. The molecule has 0 N–H and O–H groups in total. The molecule has 1 aromatic carbocycles. The van der Waals surface area contributed by atoms with Gasteiger partial charge >= 0.3 is 0 Å². The second-order valence-electron chi connectivity index (χ2n) is 7.57.